The molecular formula is C25H19ClN2O6. The lowest BCUT2D eigenvalue weighted by Crippen LogP contribution is -2.54. The third-order valence-corrected chi connectivity index (χ3v) is 5.25. The number of hydrogen-bond acceptors (Lipinski definition) is 6. The number of urea groups is 1. The molecule has 0 unspecified atom stereocenters. The minimum absolute atomic E-state index is 0.0276. The van der Waals surface area contributed by atoms with Gasteiger partial charge in [-0.3, -0.25) is 14.9 Å². The molecule has 1 heterocycles. The number of nitrogens with one attached hydrogen (secondary N) is 1. The number of benzene rings is 3. The van der Waals surface area contributed by atoms with E-state index in [0.717, 1.165) is 10.5 Å². The van der Waals surface area contributed by atoms with Crippen LogP contribution in [-0.4, -0.2) is 30.1 Å². The predicted molar refractivity (Wildman–Crippen MR) is 126 cm³/mol. The number of halogens is 1. The first-order valence-electron chi connectivity index (χ1n) is 10.1. The first-order valence-corrected chi connectivity index (χ1v) is 10.5. The van der Waals surface area contributed by atoms with Crippen LogP contribution in [0.25, 0.3) is 6.08 Å². The summed E-state index contributed by atoms with van der Waals surface area (Å²) in [6.45, 7) is 0.183. The number of carbonyl (C=O) groups is 3. The largest absolute Gasteiger partial charge is 0.508 e. The monoisotopic (exact) mass is 478 g/mol. The van der Waals surface area contributed by atoms with E-state index in [0.29, 0.717) is 22.1 Å². The van der Waals surface area contributed by atoms with Crippen LogP contribution in [0.3, 0.4) is 0 Å². The molecule has 0 radical (unpaired) electrons. The third-order valence-electron chi connectivity index (χ3n) is 5.01. The lowest BCUT2D eigenvalue weighted by Gasteiger charge is -2.26. The van der Waals surface area contributed by atoms with Crippen molar-refractivity contribution in [3.05, 3.63) is 88.5 Å². The number of rotatable bonds is 6. The van der Waals surface area contributed by atoms with E-state index in [-0.39, 0.29) is 23.6 Å². The van der Waals surface area contributed by atoms with E-state index in [4.69, 9.17) is 21.1 Å². The van der Waals surface area contributed by atoms with Gasteiger partial charge in [-0.15, -0.1) is 0 Å². The lowest BCUT2D eigenvalue weighted by atomic mass is 10.1. The van der Waals surface area contributed by atoms with E-state index in [1.807, 2.05) is 6.07 Å². The van der Waals surface area contributed by atoms with Gasteiger partial charge in [0, 0.05) is 16.7 Å². The van der Waals surface area contributed by atoms with E-state index in [1.165, 1.54) is 37.5 Å². The van der Waals surface area contributed by atoms with E-state index in [2.05, 4.69) is 5.32 Å². The van der Waals surface area contributed by atoms with E-state index < -0.39 is 17.8 Å². The third kappa shape index (κ3) is 4.87. The molecular weight excluding hydrogens is 460 g/mol. The Balaban J connectivity index is 1.68. The van der Waals surface area contributed by atoms with Gasteiger partial charge in [0.2, 0.25) is 0 Å². The zero-order valence-electron chi connectivity index (χ0n) is 17.9. The number of phenolic OH excluding ortho intramolecular Hbond substituents is 1. The highest BCUT2D eigenvalue weighted by Gasteiger charge is 2.37. The van der Waals surface area contributed by atoms with Crippen LogP contribution in [0.15, 0.2) is 72.3 Å². The normalized spacial score (nSPS) is 14.8. The summed E-state index contributed by atoms with van der Waals surface area (Å²) in [6.07, 6.45) is 1.35. The van der Waals surface area contributed by atoms with Crippen LogP contribution in [0.1, 0.15) is 11.1 Å². The molecule has 8 nitrogen and oxygen atoms in total. The molecule has 3 aromatic rings. The first kappa shape index (κ1) is 22.9. The number of imide groups is 2. The highest BCUT2D eigenvalue weighted by molar-refractivity contribution is 6.39. The van der Waals surface area contributed by atoms with E-state index in [9.17, 15) is 19.5 Å². The Labute approximate surface area is 200 Å². The van der Waals surface area contributed by atoms with Crippen molar-refractivity contribution in [3.8, 4) is 17.2 Å². The number of aromatic hydroxyl groups is 1. The molecule has 3 aromatic carbocycles. The molecule has 172 valence electrons. The number of anilines is 1. The Morgan fingerprint density at radius 2 is 1.79 bits per heavy atom. The van der Waals surface area contributed by atoms with Crippen LogP contribution in [0, 0.1) is 0 Å². The van der Waals surface area contributed by atoms with Crippen molar-refractivity contribution >= 4 is 41.2 Å². The van der Waals surface area contributed by atoms with Crippen molar-refractivity contribution < 1.29 is 29.0 Å². The van der Waals surface area contributed by atoms with Gasteiger partial charge < -0.3 is 14.6 Å². The number of barbiturate groups is 1. The van der Waals surface area contributed by atoms with Crippen LogP contribution in [0.4, 0.5) is 10.5 Å². The maximum absolute atomic E-state index is 13.1. The van der Waals surface area contributed by atoms with Crippen molar-refractivity contribution in [2.75, 3.05) is 12.0 Å². The number of amides is 4. The second-order valence-electron chi connectivity index (χ2n) is 7.30. The molecule has 4 rings (SSSR count). The zero-order chi connectivity index (χ0) is 24.2. The molecule has 0 spiro atoms. The topological polar surface area (TPSA) is 105 Å². The standard InChI is InChI=1S/C25H19ClN2O6/c1-33-20-10-5-16(22(13-20)34-14-15-3-2-4-17(26)11-15)12-21-23(30)27-25(32)28(24(21)31)18-6-8-19(29)9-7-18/h2-13,29H,14H2,1H3,(H,27,30,32)/b21-12+. The van der Waals surface area contributed by atoms with Crippen molar-refractivity contribution in [1.82, 2.24) is 5.32 Å². The Morgan fingerprint density at radius 3 is 2.50 bits per heavy atom. The molecule has 1 fully saturated rings. The molecule has 4 amide bonds. The van der Waals surface area contributed by atoms with E-state index >= 15 is 0 Å². The summed E-state index contributed by atoms with van der Waals surface area (Å²) in [5, 5.41) is 12.2. The van der Waals surface area contributed by atoms with Crippen molar-refractivity contribution in [3.63, 3.8) is 0 Å². The lowest BCUT2D eigenvalue weighted by molar-refractivity contribution is -0.122. The van der Waals surface area contributed by atoms with Crippen LogP contribution in [-0.2, 0) is 16.2 Å². The van der Waals surface area contributed by atoms with Crippen LogP contribution >= 0.6 is 11.6 Å². The molecule has 2 N–H and O–H groups in total. The summed E-state index contributed by atoms with van der Waals surface area (Å²) >= 11 is 6.04. The number of phenols is 1. The summed E-state index contributed by atoms with van der Waals surface area (Å²) in [5.74, 6) is -0.790. The maximum Gasteiger partial charge on any atom is 0.335 e. The molecule has 1 aliphatic rings. The van der Waals surface area contributed by atoms with Crippen LogP contribution < -0.4 is 19.7 Å². The smallest absolute Gasteiger partial charge is 0.335 e. The van der Waals surface area contributed by atoms with Gasteiger partial charge in [-0.2, -0.15) is 0 Å². The van der Waals surface area contributed by atoms with Gasteiger partial charge in [0.1, 0.15) is 29.4 Å². The quantitative estimate of drug-likeness (QED) is 0.404. The molecule has 0 atom stereocenters. The Hall–Kier alpha value is -4.30. The second-order valence-corrected chi connectivity index (χ2v) is 7.73. The minimum atomic E-state index is -0.884. The van der Waals surface area contributed by atoms with Gasteiger partial charge in [-0.25, -0.2) is 9.69 Å². The van der Waals surface area contributed by atoms with Crippen molar-refractivity contribution in [1.29, 1.82) is 0 Å². The van der Waals surface area contributed by atoms with Gasteiger partial charge >= 0.3 is 6.03 Å². The minimum Gasteiger partial charge on any atom is -0.508 e. The van der Waals surface area contributed by atoms with Gasteiger partial charge in [-0.1, -0.05) is 23.7 Å². The number of methoxy groups -OCH3 is 1. The van der Waals surface area contributed by atoms with Crippen LogP contribution in [0.5, 0.6) is 17.2 Å². The summed E-state index contributed by atoms with van der Waals surface area (Å²) in [5.41, 5.74) is 1.20. The molecule has 0 saturated carbocycles. The molecule has 34 heavy (non-hydrogen) atoms. The zero-order valence-corrected chi connectivity index (χ0v) is 18.7. The van der Waals surface area contributed by atoms with Gasteiger partial charge in [-0.05, 0) is 60.2 Å². The fourth-order valence-corrected chi connectivity index (χ4v) is 3.54. The SMILES string of the molecule is COc1ccc(/C=C2\C(=O)NC(=O)N(c3ccc(O)cc3)C2=O)c(OCc2cccc(Cl)c2)c1. The predicted octanol–water partition coefficient (Wildman–Crippen LogP) is 4.30. The summed E-state index contributed by atoms with van der Waals surface area (Å²) in [4.78, 5) is 38.8. The van der Waals surface area contributed by atoms with Gasteiger partial charge in [0.25, 0.3) is 11.8 Å². The molecule has 1 saturated heterocycles. The molecule has 0 aromatic heterocycles. The Kier molecular flexibility index (Phi) is 6.51. The maximum atomic E-state index is 13.1. The Morgan fingerprint density at radius 1 is 1.03 bits per heavy atom. The van der Waals surface area contributed by atoms with Gasteiger partial charge in [0.15, 0.2) is 0 Å². The number of nitrogens with zero attached hydrogens (tertiary/aromatic N) is 1. The molecule has 1 aliphatic heterocycles. The highest BCUT2D eigenvalue weighted by atomic mass is 35.5. The number of hydrogen-bond donors (Lipinski definition) is 2. The number of ether oxygens (including phenoxy) is 2. The average Bonchev–Trinajstić information content (AvgIpc) is 2.82. The average molecular weight is 479 g/mol. The van der Waals surface area contributed by atoms with Crippen molar-refractivity contribution in [2.45, 2.75) is 6.61 Å². The summed E-state index contributed by atoms with van der Waals surface area (Å²) < 4.78 is 11.2. The fourth-order valence-electron chi connectivity index (χ4n) is 3.32. The molecule has 0 bridgehead atoms. The van der Waals surface area contributed by atoms with Gasteiger partial charge in [0.05, 0.1) is 12.8 Å². The highest BCUT2D eigenvalue weighted by Crippen LogP contribution is 2.30. The fraction of sp³-hybridized carbons (Fsp3) is 0.0800. The molecule has 9 heteroatoms. The van der Waals surface area contributed by atoms with Crippen molar-refractivity contribution in [2.24, 2.45) is 0 Å². The second kappa shape index (κ2) is 9.68. The summed E-state index contributed by atoms with van der Waals surface area (Å²) in [6, 6.07) is 16.7. The number of carbonyl (C=O) groups excluding carboxylic acids is 3. The molecule has 0 aliphatic carbocycles. The van der Waals surface area contributed by atoms with Crippen LogP contribution in [0.2, 0.25) is 5.02 Å². The van der Waals surface area contributed by atoms with E-state index in [1.54, 1.807) is 36.4 Å². The first-order chi connectivity index (χ1) is 16.4. The Bertz CT molecular complexity index is 1300. The summed E-state index contributed by atoms with van der Waals surface area (Å²) in [7, 11) is 1.51.